The first-order chi connectivity index (χ1) is 13.0. The van der Waals surface area contributed by atoms with Crippen molar-refractivity contribution in [1.82, 2.24) is 4.90 Å². The summed E-state index contributed by atoms with van der Waals surface area (Å²) < 4.78 is 5.11. The van der Waals surface area contributed by atoms with E-state index in [1.807, 2.05) is 49.1 Å². The van der Waals surface area contributed by atoms with Gasteiger partial charge < -0.3 is 15.4 Å². The fourth-order valence-corrected chi connectivity index (χ4v) is 2.69. The monoisotopic (exact) mass is 369 g/mol. The number of benzene rings is 2. The predicted octanol–water partition coefficient (Wildman–Crippen LogP) is 3.37. The summed E-state index contributed by atoms with van der Waals surface area (Å²) >= 11 is 0. The number of anilines is 2. The van der Waals surface area contributed by atoms with Gasteiger partial charge in [-0.25, -0.2) is 0 Å². The van der Waals surface area contributed by atoms with Gasteiger partial charge in [-0.2, -0.15) is 0 Å². The molecule has 1 unspecified atom stereocenters. The smallest absolute Gasteiger partial charge is 0.241 e. The van der Waals surface area contributed by atoms with Crippen molar-refractivity contribution in [2.45, 2.75) is 26.3 Å². The van der Waals surface area contributed by atoms with Crippen molar-refractivity contribution in [1.29, 1.82) is 0 Å². The molecule has 2 rings (SSSR count). The van der Waals surface area contributed by atoms with Crippen LogP contribution in [0.3, 0.4) is 0 Å². The molecular weight excluding hydrogens is 342 g/mol. The quantitative estimate of drug-likeness (QED) is 0.711. The van der Waals surface area contributed by atoms with Crippen molar-refractivity contribution in [3.05, 3.63) is 54.6 Å². The first kappa shape index (κ1) is 20.5. The molecule has 0 spiro atoms. The lowest BCUT2D eigenvalue weighted by molar-refractivity contribution is -0.123. The van der Waals surface area contributed by atoms with Crippen LogP contribution >= 0.6 is 0 Å². The lowest BCUT2D eigenvalue weighted by Gasteiger charge is -2.27. The Morgan fingerprint density at radius 2 is 1.63 bits per heavy atom. The van der Waals surface area contributed by atoms with Crippen LogP contribution in [0.25, 0.3) is 0 Å². The third-order valence-corrected chi connectivity index (χ3v) is 4.20. The number of ether oxygens (including phenoxy) is 1. The van der Waals surface area contributed by atoms with Crippen LogP contribution in [-0.2, 0) is 9.59 Å². The first-order valence-corrected chi connectivity index (χ1v) is 9.07. The maximum Gasteiger partial charge on any atom is 0.241 e. The fourth-order valence-electron chi connectivity index (χ4n) is 2.69. The maximum absolute atomic E-state index is 12.5. The van der Waals surface area contributed by atoms with Crippen molar-refractivity contribution in [3.63, 3.8) is 0 Å². The number of nitrogens with one attached hydrogen (secondary N) is 2. The average Bonchev–Trinajstić information content (AvgIpc) is 2.68. The summed E-state index contributed by atoms with van der Waals surface area (Å²) in [7, 11) is 1.60. The van der Waals surface area contributed by atoms with Crippen LogP contribution in [0.1, 0.15) is 20.3 Å². The van der Waals surface area contributed by atoms with Crippen molar-refractivity contribution >= 4 is 23.2 Å². The standard InChI is InChI=1S/C21H27N3O3/c1-4-14-24(16(2)21(26)23-17-8-6-5-7-9-17)15-20(25)22-18-10-12-19(27-3)13-11-18/h5-13,16H,4,14-15H2,1-3H3,(H,22,25)(H,23,26). The summed E-state index contributed by atoms with van der Waals surface area (Å²) in [6.07, 6.45) is 0.846. The minimum absolute atomic E-state index is 0.133. The highest BCUT2D eigenvalue weighted by Crippen LogP contribution is 2.15. The molecule has 27 heavy (non-hydrogen) atoms. The molecule has 0 saturated heterocycles. The first-order valence-electron chi connectivity index (χ1n) is 9.07. The zero-order valence-electron chi connectivity index (χ0n) is 16.1. The molecule has 2 aromatic carbocycles. The topological polar surface area (TPSA) is 70.7 Å². The number of hydrogen-bond donors (Lipinski definition) is 2. The molecule has 2 N–H and O–H groups in total. The normalized spacial score (nSPS) is 11.7. The molecule has 0 bridgehead atoms. The Balaban J connectivity index is 1.95. The molecule has 0 radical (unpaired) electrons. The minimum Gasteiger partial charge on any atom is -0.497 e. The molecule has 2 aromatic rings. The van der Waals surface area contributed by atoms with Crippen LogP contribution in [-0.4, -0.2) is 43.0 Å². The number of amides is 2. The molecule has 1 atom stereocenters. The molecule has 144 valence electrons. The van der Waals surface area contributed by atoms with Gasteiger partial charge >= 0.3 is 0 Å². The summed E-state index contributed by atoms with van der Waals surface area (Å²) in [4.78, 5) is 26.8. The molecule has 0 aliphatic rings. The number of nitrogens with zero attached hydrogens (tertiary/aromatic N) is 1. The molecule has 0 fully saturated rings. The van der Waals surface area contributed by atoms with E-state index in [0.717, 1.165) is 17.9 Å². The summed E-state index contributed by atoms with van der Waals surface area (Å²) in [5.74, 6) is 0.437. The highest BCUT2D eigenvalue weighted by Gasteiger charge is 2.23. The van der Waals surface area contributed by atoms with Crippen molar-refractivity contribution in [3.8, 4) is 5.75 Å². The molecule has 6 heteroatoms. The van der Waals surface area contributed by atoms with Gasteiger partial charge in [0.1, 0.15) is 5.75 Å². The van der Waals surface area contributed by atoms with Crippen molar-refractivity contribution < 1.29 is 14.3 Å². The Hall–Kier alpha value is -2.86. The van der Waals surface area contributed by atoms with Gasteiger partial charge in [0, 0.05) is 11.4 Å². The summed E-state index contributed by atoms with van der Waals surface area (Å²) in [5, 5.41) is 5.75. The van der Waals surface area contributed by atoms with Crippen molar-refractivity contribution in [2.24, 2.45) is 0 Å². The SMILES string of the molecule is CCCN(CC(=O)Nc1ccc(OC)cc1)C(C)C(=O)Nc1ccccc1. The summed E-state index contributed by atoms with van der Waals surface area (Å²) in [6.45, 7) is 4.63. The van der Waals surface area contributed by atoms with Gasteiger partial charge in [0.2, 0.25) is 11.8 Å². The van der Waals surface area contributed by atoms with E-state index >= 15 is 0 Å². The van der Waals surface area contributed by atoms with Gasteiger partial charge in [0.05, 0.1) is 19.7 Å². The minimum atomic E-state index is -0.424. The Morgan fingerprint density at radius 3 is 2.22 bits per heavy atom. The summed E-state index contributed by atoms with van der Waals surface area (Å²) in [5.41, 5.74) is 1.44. The van der Waals surface area contributed by atoms with Crippen LogP contribution in [0.2, 0.25) is 0 Å². The van der Waals surface area contributed by atoms with Gasteiger partial charge in [-0.1, -0.05) is 25.1 Å². The van der Waals surface area contributed by atoms with E-state index in [4.69, 9.17) is 4.74 Å². The molecule has 6 nitrogen and oxygen atoms in total. The number of carbonyl (C=O) groups excluding carboxylic acids is 2. The van der Waals surface area contributed by atoms with Crippen LogP contribution in [0.15, 0.2) is 54.6 Å². The van der Waals surface area contributed by atoms with E-state index in [1.165, 1.54) is 0 Å². The van der Waals surface area contributed by atoms with Crippen LogP contribution in [0, 0.1) is 0 Å². The van der Waals surface area contributed by atoms with E-state index in [0.29, 0.717) is 12.2 Å². The molecule has 0 aromatic heterocycles. The van der Waals surface area contributed by atoms with Crippen molar-refractivity contribution in [2.75, 3.05) is 30.8 Å². The second-order valence-electron chi connectivity index (χ2n) is 6.28. The van der Waals surface area contributed by atoms with E-state index in [-0.39, 0.29) is 18.4 Å². The van der Waals surface area contributed by atoms with E-state index in [9.17, 15) is 9.59 Å². The van der Waals surface area contributed by atoms with E-state index in [1.54, 1.807) is 31.4 Å². The Morgan fingerprint density at radius 1 is 1.00 bits per heavy atom. The highest BCUT2D eigenvalue weighted by molar-refractivity contribution is 5.96. The lowest BCUT2D eigenvalue weighted by atomic mass is 10.2. The Bertz CT molecular complexity index is 732. The molecule has 0 saturated carbocycles. The zero-order chi connectivity index (χ0) is 19.6. The molecule has 0 aliphatic heterocycles. The molecular formula is C21H27N3O3. The number of para-hydroxylation sites is 1. The number of methoxy groups -OCH3 is 1. The molecule has 0 aliphatic carbocycles. The van der Waals surface area contributed by atoms with Crippen LogP contribution in [0.4, 0.5) is 11.4 Å². The Kier molecular flexibility index (Phi) is 7.82. The number of hydrogen-bond acceptors (Lipinski definition) is 4. The maximum atomic E-state index is 12.5. The highest BCUT2D eigenvalue weighted by atomic mass is 16.5. The van der Waals surface area contributed by atoms with E-state index < -0.39 is 6.04 Å². The van der Waals surface area contributed by atoms with Crippen LogP contribution < -0.4 is 15.4 Å². The largest absolute Gasteiger partial charge is 0.497 e. The van der Waals surface area contributed by atoms with E-state index in [2.05, 4.69) is 10.6 Å². The zero-order valence-corrected chi connectivity index (χ0v) is 16.1. The average molecular weight is 369 g/mol. The second kappa shape index (κ2) is 10.3. The third kappa shape index (κ3) is 6.42. The van der Waals surface area contributed by atoms with Gasteiger partial charge in [-0.15, -0.1) is 0 Å². The predicted molar refractivity (Wildman–Crippen MR) is 108 cm³/mol. The summed E-state index contributed by atoms with van der Waals surface area (Å²) in [6, 6.07) is 16.0. The van der Waals surface area contributed by atoms with Gasteiger partial charge in [-0.3, -0.25) is 14.5 Å². The number of carbonyl (C=O) groups is 2. The lowest BCUT2D eigenvalue weighted by Crippen LogP contribution is -2.46. The fraction of sp³-hybridized carbons (Fsp3) is 0.333. The van der Waals surface area contributed by atoms with Gasteiger partial charge in [-0.05, 0) is 56.3 Å². The number of rotatable bonds is 9. The van der Waals surface area contributed by atoms with Crippen LogP contribution in [0.5, 0.6) is 5.75 Å². The third-order valence-electron chi connectivity index (χ3n) is 4.20. The Labute approximate surface area is 160 Å². The second-order valence-corrected chi connectivity index (χ2v) is 6.28. The van der Waals surface area contributed by atoms with Gasteiger partial charge in [0.25, 0.3) is 0 Å². The molecule has 0 heterocycles. The van der Waals surface area contributed by atoms with Gasteiger partial charge in [0.15, 0.2) is 0 Å². The molecule has 2 amide bonds.